The molecule has 0 atom stereocenters. The Morgan fingerprint density at radius 1 is 1.26 bits per heavy atom. The van der Waals surface area contributed by atoms with Crippen LogP contribution < -0.4 is 10.1 Å². The van der Waals surface area contributed by atoms with E-state index >= 15 is 0 Å². The van der Waals surface area contributed by atoms with E-state index < -0.39 is 16.7 Å². The molecule has 0 fully saturated rings. The number of hydrogen-bond acceptors (Lipinski definition) is 6. The number of nitrogens with one attached hydrogen (secondary N) is 1. The number of methoxy groups -OCH3 is 1. The first-order valence-corrected chi connectivity index (χ1v) is 6.88. The van der Waals surface area contributed by atoms with Crippen LogP contribution in [0.2, 0.25) is 0 Å². The molecule has 0 spiro atoms. The van der Waals surface area contributed by atoms with Crippen LogP contribution in [0.3, 0.4) is 0 Å². The smallest absolute Gasteiger partial charge is 0.433 e. The lowest BCUT2D eigenvalue weighted by Gasteiger charge is -2.11. The number of nitrogens with zero attached hydrogens (tertiary/aromatic N) is 1. The Kier molecular flexibility index (Phi) is 5.70. The highest BCUT2D eigenvalue weighted by molar-refractivity contribution is 6.03. The van der Waals surface area contributed by atoms with Crippen LogP contribution in [0.4, 0.5) is 11.6 Å². The quantitative estimate of drug-likeness (QED) is 0.455. The number of amides is 1. The molecule has 1 aromatic heterocycles. The number of para-hydroxylation sites is 2. The third-order valence-electron chi connectivity index (χ3n) is 2.88. The van der Waals surface area contributed by atoms with E-state index in [4.69, 9.17) is 13.9 Å². The lowest BCUT2D eigenvalue weighted by Crippen LogP contribution is -2.12. The van der Waals surface area contributed by atoms with Crippen LogP contribution in [-0.4, -0.2) is 31.2 Å². The summed E-state index contributed by atoms with van der Waals surface area (Å²) < 4.78 is 15.4. The van der Waals surface area contributed by atoms with E-state index in [0.717, 1.165) is 6.07 Å². The zero-order valence-electron chi connectivity index (χ0n) is 12.5. The average molecular weight is 320 g/mol. The van der Waals surface area contributed by atoms with Gasteiger partial charge in [-0.05, 0) is 18.2 Å². The summed E-state index contributed by atoms with van der Waals surface area (Å²) in [4.78, 5) is 21.9. The van der Waals surface area contributed by atoms with Crippen molar-refractivity contribution < 1.29 is 23.6 Å². The molecule has 0 aliphatic heterocycles. The van der Waals surface area contributed by atoms with Crippen LogP contribution in [0.25, 0.3) is 0 Å². The summed E-state index contributed by atoms with van der Waals surface area (Å²) >= 11 is 0. The molecule has 1 heterocycles. The number of carbonyl (C=O) groups excluding carboxylic acids is 1. The number of hydrogen-bond donors (Lipinski definition) is 1. The number of nitro groups is 1. The van der Waals surface area contributed by atoms with E-state index in [2.05, 4.69) is 5.32 Å². The first kappa shape index (κ1) is 16.5. The second-order valence-corrected chi connectivity index (χ2v) is 4.54. The minimum Gasteiger partial charge on any atom is -0.491 e. The van der Waals surface area contributed by atoms with Crippen molar-refractivity contribution in [1.29, 1.82) is 0 Å². The fraction of sp³-hybridized carbons (Fsp3) is 0.267. The zero-order chi connectivity index (χ0) is 16.7. The van der Waals surface area contributed by atoms with Gasteiger partial charge in [0.05, 0.1) is 18.4 Å². The second-order valence-electron chi connectivity index (χ2n) is 4.54. The largest absolute Gasteiger partial charge is 0.491 e. The number of anilines is 1. The van der Waals surface area contributed by atoms with Gasteiger partial charge in [-0.1, -0.05) is 12.1 Å². The summed E-state index contributed by atoms with van der Waals surface area (Å²) in [6.07, 6.45) is 0.711. The minimum absolute atomic E-state index is 0.147. The van der Waals surface area contributed by atoms with Crippen molar-refractivity contribution in [2.75, 3.05) is 25.6 Å². The summed E-state index contributed by atoms with van der Waals surface area (Å²) in [7, 11) is 1.61. The molecule has 8 heteroatoms. The van der Waals surface area contributed by atoms with Crippen molar-refractivity contribution >= 4 is 17.5 Å². The molecule has 0 aliphatic rings. The van der Waals surface area contributed by atoms with Gasteiger partial charge in [-0.2, -0.15) is 0 Å². The van der Waals surface area contributed by atoms with Gasteiger partial charge >= 0.3 is 5.88 Å². The van der Waals surface area contributed by atoms with Crippen LogP contribution >= 0.6 is 0 Å². The van der Waals surface area contributed by atoms with Crippen LogP contribution in [0, 0.1) is 10.1 Å². The highest BCUT2D eigenvalue weighted by Gasteiger charge is 2.18. The van der Waals surface area contributed by atoms with Crippen LogP contribution in [-0.2, 0) is 4.74 Å². The number of carbonyl (C=O) groups is 1. The Morgan fingerprint density at radius 2 is 2.04 bits per heavy atom. The highest BCUT2D eigenvalue weighted by Crippen LogP contribution is 2.25. The molecule has 0 saturated heterocycles. The number of rotatable bonds is 8. The molecular formula is C15H16N2O6. The monoisotopic (exact) mass is 320 g/mol. The molecule has 2 aromatic rings. The standard InChI is InChI=1S/C15H16N2O6/c1-21-9-4-10-22-12-6-3-2-5-11(12)16-15(18)13-7-8-14(23-13)17(19)20/h2-3,5-8H,4,9-10H2,1H3,(H,16,18). The van der Waals surface area contributed by atoms with E-state index in [9.17, 15) is 14.9 Å². The molecule has 1 aromatic carbocycles. The maximum absolute atomic E-state index is 12.1. The van der Waals surface area contributed by atoms with Gasteiger partial charge in [0.2, 0.25) is 0 Å². The van der Waals surface area contributed by atoms with Crippen LogP contribution in [0.15, 0.2) is 40.8 Å². The topological polar surface area (TPSA) is 104 Å². The van der Waals surface area contributed by atoms with Crippen molar-refractivity contribution in [3.05, 3.63) is 52.3 Å². The van der Waals surface area contributed by atoms with Crippen molar-refractivity contribution in [1.82, 2.24) is 0 Å². The summed E-state index contributed by atoms with van der Waals surface area (Å²) in [5.41, 5.74) is 0.453. The molecule has 0 radical (unpaired) electrons. The predicted molar refractivity (Wildman–Crippen MR) is 81.7 cm³/mol. The third-order valence-corrected chi connectivity index (χ3v) is 2.88. The normalized spacial score (nSPS) is 10.3. The molecule has 23 heavy (non-hydrogen) atoms. The van der Waals surface area contributed by atoms with E-state index in [1.165, 1.54) is 6.07 Å². The van der Waals surface area contributed by atoms with Crippen LogP contribution in [0.5, 0.6) is 5.75 Å². The van der Waals surface area contributed by atoms with Gasteiger partial charge in [-0.3, -0.25) is 14.9 Å². The molecule has 1 N–H and O–H groups in total. The average Bonchev–Trinajstić information content (AvgIpc) is 3.03. The molecule has 2 rings (SSSR count). The summed E-state index contributed by atoms with van der Waals surface area (Å²) in [6.45, 7) is 1.01. The lowest BCUT2D eigenvalue weighted by molar-refractivity contribution is -0.402. The first-order chi connectivity index (χ1) is 11.1. The Balaban J connectivity index is 2.03. The van der Waals surface area contributed by atoms with Gasteiger partial charge in [0.25, 0.3) is 5.91 Å². The van der Waals surface area contributed by atoms with Gasteiger partial charge in [-0.15, -0.1) is 0 Å². The van der Waals surface area contributed by atoms with E-state index in [-0.39, 0.29) is 5.76 Å². The number of ether oxygens (including phenoxy) is 2. The second kappa shape index (κ2) is 7.95. The minimum atomic E-state index is -0.705. The van der Waals surface area contributed by atoms with Gasteiger partial charge in [0, 0.05) is 20.1 Å². The summed E-state index contributed by atoms with van der Waals surface area (Å²) in [5, 5.41) is 13.2. The molecule has 0 unspecified atom stereocenters. The molecular weight excluding hydrogens is 304 g/mol. The molecule has 0 saturated carbocycles. The first-order valence-electron chi connectivity index (χ1n) is 6.88. The summed E-state index contributed by atoms with van der Waals surface area (Å²) in [6, 6.07) is 9.27. The number of furan rings is 1. The molecule has 0 aliphatic carbocycles. The highest BCUT2D eigenvalue weighted by atomic mass is 16.6. The van der Waals surface area contributed by atoms with Gasteiger partial charge < -0.3 is 19.2 Å². The van der Waals surface area contributed by atoms with Crippen molar-refractivity contribution in [3.63, 3.8) is 0 Å². The van der Waals surface area contributed by atoms with Crippen molar-refractivity contribution in [2.24, 2.45) is 0 Å². The maximum atomic E-state index is 12.1. The Labute approximate surface area is 132 Å². The fourth-order valence-electron chi connectivity index (χ4n) is 1.81. The third kappa shape index (κ3) is 4.55. The van der Waals surface area contributed by atoms with Gasteiger partial charge in [0.15, 0.2) is 5.76 Å². The van der Waals surface area contributed by atoms with E-state index in [1.807, 2.05) is 0 Å². The molecule has 0 bridgehead atoms. The van der Waals surface area contributed by atoms with Gasteiger partial charge in [0.1, 0.15) is 10.7 Å². The Bertz CT molecular complexity index is 682. The Hall–Kier alpha value is -2.87. The summed E-state index contributed by atoms with van der Waals surface area (Å²) in [5.74, 6) is -0.728. The van der Waals surface area contributed by atoms with Crippen LogP contribution in [0.1, 0.15) is 17.0 Å². The maximum Gasteiger partial charge on any atom is 0.433 e. The number of benzene rings is 1. The van der Waals surface area contributed by atoms with E-state index in [1.54, 1.807) is 31.4 Å². The van der Waals surface area contributed by atoms with E-state index in [0.29, 0.717) is 31.1 Å². The van der Waals surface area contributed by atoms with Crippen molar-refractivity contribution in [2.45, 2.75) is 6.42 Å². The molecule has 122 valence electrons. The van der Waals surface area contributed by atoms with Crippen molar-refractivity contribution in [3.8, 4) is 5.75 Å². The fourth-order valence-corrected chi connectivity index (χ4v) is 1.81. The molecule has 8 nitrogen and oxygen atoms in total. The lowest BCUT2D eigenvalue weighted by atomic mass is 10.3. The zero-order valence-corrected chi connectivity index (χ0v) is 12.5. The SMILES string of the molecule is COCCCOc1ccccc1NC(=O)c1ccc([N+](=O)[O-])o1. The predicted octanol–water partition coefficient (Wildman–Crippen LogP) is 2.86. The molecule has 1 amide bonds. The Morgan fingerprint density at radius 3 is 2.74 bits per heavy atom. The van der Waals surface area contributed by atoms with Gasteiger partial charge in [-0.25, -0.2) is 0 Å².